The quantitative estimate of drug-likeness (QED) is 0.0686. The van der Waals surface area contributed by atoms with E-state index in [0.717, 1.165) is 106 Å². The van der Waals surface area contributed by atoms with Crippen molar-refractivity contribution in [3.8, 4) is 61.2 Å². The molecule has 1 aliphatic heterocycles. The summed E-state index contributed by atoms with van der Waals surface area (Å²) >= 11 is 0. The minimum atomic E-state index is 0.420. The third-order valence-corrected chi connectivity index (χ3v) is 11.5. The highest BCUT2D eigenvalue weighted by Gasteiger charge is 2.22. The highest BCUT2D eigenvalue weighted by Crippen LogP contribution is 2.37. The number of ether oxygens (including phenoxy) is 4. The van der Waals surface area contributed by atoms with Crippen LogP contribution in [0.4, 0.5) is 0 Å². The first-order chi connectivity index (χ1) is 24.7. The summed E-state index contributed by atoms with van der Waals surface area (Å²) in [5.41, 5.74) is 9.80. The zero-order valence-corrected chi connectivity index (χ0v) is 29.9. The lowest BCUT2D eigenvalue weighted by atomic mass is 10.1. The molecule has 3 heterocycles. The highest BCUT2D eigenvalue weighted by molar-refractivity contribution is 7.37. The van der Waals surface area contributed by atoms with Gasteiger partial charge in [0.1, 0.15) is 39.0 Å². The van der Waals surface area contributed by atoms with Crippen molar-refractivity contribution in [2.24, 2.45) is 5.92 Å². The Hall–Kier alpha value is -4.48. The molecule has 8 rings (SSSR count). The Balaban J connectivity index is 0.741. The summed E-state index contributed by atoms with van der Waals surface area (Å²) in [5, 5.41) is 17.9. The Morgan fingerprint density at radius 2 is 0.940 bits per heavy atom. The van der Waals surface area contributed by atoms with Crippen molar-refractivity contribution in [3.05, 3.63) is 103 Å². The molecular formula is C40H40N4O4P2. The summed E-state index contributed by atoms with van der Waals surface area (Å²) < 4.78 is 23.2. The van der Waals surface area contributed by atoms with Crippen LogP contribution in [0.1, 0.15) is 37.7 Å². The first-order valence-electron chi connectivity index (χ1n) is 17.5. The lowest BCUT2D eigenvalue weighted by molar-refractivity contribution is 0.266. The van der Waals surface area contributed by atoms with Crippen LogP contribution in [0, 0.1) is 5.92 Å². The molecule has 3 unspecified atom stereocenters. The van der Waals surface area contributed by atoms with Crippen molar-refractivity contribution in [1.82, 2.24) is 20.4 Å². The SMILES string of the molecule is c1cc(-c2nnc(-c3ccc(OCCCCOc4ccc(-c5nnc(-c6ccc(OCC7CC7)cc6)[pH]5)cc4)cc3)[pH]2)ccc1CCC1CO1. The molecule has 0 amide bonds. The predicted octanol–water partition coefficient (Wildman–Crippen LogP) is 9.36. The number of aromatic nitrogens is 4. The third-order valence-electron chi connectivity index (χ3n) is 9.00. The molecule has 254 valence electrons. The van der Waals surface area contributed by atoms with Crippen LogP contribution in [0.25, 0.3) is 44.0 Å². The zero-order chi connectivity index (χ0) is 33.5. The van der Waals surface area contributed by atoms with Gasteiger partial charge in [-0.25, -0.2) is 0 Å². The van der Waals surface area contributed by atoms with Crippen molar-refractivity contribution in [2.45, 2.75) is 44.6 Å². The average Bonchev–Trinajstić information content (AvgIpc) is 4.08. The molecule has 6 aromatic rings. The zero-order valence-electron chi connectivity index (χ0n) is 27.9. The van der Waals surface area contributed by atoms with Gasteiger partial charge in [0.2, 0.25) is 0 Å². The second-order valence-electron chi connectivity index (χ2n) is 13.0. The van der Waals surface area contributed by atoms with E-state index in [1.807, 2.05) is 36.4 Å². The van der Waals surface area contributed by atoms with E-state index in [2.05, 4.69) is 81.1 Å². The molecule has 2 aliphatic rings. The summed E-state index contributed by atoms with van der Waals surface area (Å²) in [6.45, 7) is 3.02. The molecule has 4 aromatic carbocycles. The molecule has 2 aromatic heterocycles. The standard InChI is InChI=1S/C40H40N4O4P2/c1(23-45-33-17-10-30(11-18-33)38-42-41-37(49-38)29-8-5-27(6-9-29)7-16-36-26-48-36)2-24-46-34-19-12-31(13-20-34)39-43-44-40(50-39)32-14-21-35(22-15-32)47-25-28-3-4-28/h5-6,8-15,17-22,28,36,49-50H,1-4,7,16,23-26H2. The number of epoxide rings is 1. The van der Waals surface area contributed by atoms with Crippen LogP contribution in [0.3, 0.4) is 0 Å². The van der Waals surface area contributed by atoms with Gasteiger partial charge in [-0.2, -0.15) is 0 Å². The molecule has 10 heteroatoms. The van der Waals surface area contributed by atoms with E-state index in [9.17, 15) is 0 Å². The molecule has 1 saturated heterocycles. The fraction of sp³-hybridized carbons (Fsp3) is 0.300. The Kier molecular flexibility index (Phi) is 10.2. The number of aryl methyl sites for hydroxylation is 1. The Morgan fingerprint density at radius 3 is 1.34 bits per heavy atom. The summed E-state index contributed by atoms with van der Waals surface area (Å²) in [4.78, 5) is 0. The minimum absolute atomic E-state index is 0.420. The van der Waals surface area contributed by atoms with Gasteiger partial charge in [0.05, 0.1) is 32.5 Å². The van der Waals surface area contributed by atoms with Crippen LogP contribution in [0.2, 0.25) is 0 Å². The van der Waals surface area contributed by atoms with Crippen LogP contribution in [0.5, 0.6) is 17.2 Å². The van der Waals surface area contributed by atoms with Crippen LogP contribution in [-0.4, -0.2) is 52.9 Å². The second kappa shape index (κ2) is 15.6. The number of unbranched alkanes of at least 4 members (excludes halogenated alkanes) is 1. The topological polar surface area (TPSA) is 91.8 Å². The van der Waals surface area contributed by atoms with E-state index >= 15 is 0 Å². The highest BCUT2D eigenvalue weighted by atomic mass is 31.0. The predicted molar refractivity (Wildman–Crippen MR) is 201 cm³/mol. The summed E-state index contributed by atoms with van der Waals surface area (Å²) in [6, 6.07) is 33.3. The van der Waals surface area contributed by atoms with Crippen LogP contribution < -0.4 is 14.2 Å². The fourth-order valence-corrected chi connectivity index (χ4v) is 7.74. The summed E-state index contributed by atoms with van der Waals surface area (Å²) in [7, 11) is 0.859. The molecule has 8 nitrogen and oxygen atoms in total. The number of benzene rings is 4. The molecule has 0 N–H and O–H groups in total. The van der Waals surface area contributed by atoms with Crippen LogP contribution in [0.15, 0.2) is 97.1 Å². The van der Waals surface area contributed by atoms with Gasteiger partial charge in [-0.05, 0) is 123 Å². The molecule has 0 bridgehead atoms. The van der Waals surface area contributed by atoms with Crippen molar-refractivity contribution in [1.29, 1.82) is 0 Å². The first kappa shape index (κ1) is 32.7. The maximum Gasteiger partial charge on any atom is 0.119 e. The van der Waals surface area contributed by atoms with E-state index < -0.39 is 0 Å². The summed E-state index contributed by atoms with van der Waals surface area (Å²) in [5.74, 6) is 3.38. The van der Waals surface area contributed by atoms with E-state index in [1.165, 1.54) is 18.4 Å². The molecule has 1 aliphatic carbocycles. The fourth-order valence-electron chi connectivity index (χ4n) is 5.65. The van der Waals surface area contributed by atoms with Gasteiger partial charge in [-0.15, -0.1) is 20.4 Å². The Morgan fingerprint density at radius 1 is 0.540 bits per heavy atom. The number of hydrogen-bond donors (Lipinski definition) is 0. The largest absolute Gasteiger partial charge is 0.494 e. The maximum absolute atomic E-state index is 6.00. The van der Waals surface area contributed by atoms with Crippen LogP contribution >= 0.6 is 16.4 Å². The van der Waals surface area contributed by atoms with Gasteiger partial charge in [0.25, 0.3) is 0 Å². The number of hydrogen-bond acceptors (Lipinski definition) is 8. The van der Waals surface area contributed by atoms with E-state index in [1.54, 1.807) is 0 Å². The third kappa shape index (κ3) is 8.81. The normalized spacial score (nSPS) is 15.5. The van der Waals surface area contributed by atoms with Gasteiger partial charge >= 0.3 is 0 Å². The monoisotopic (exact) mass is 702 g/mol. The van der Waals surface area contributed by atoms with Gasteiger partial charge in [-0.3, -0.25) is 0 Å². The van der Waals surface area contributed by atoms with E-state index in [4.69, 9.17) is 18.9 Å². The molecule has 0 spiro atoms. The molecule has 50 heavy (non-hydrogen) atoms. The van der Waals surface area contributed by atoms with E-state index in [-0.39, 0.29) is 0 Å². The van der Waals surface area contributed by atoms with Crippen molar-refractivity contribution >= 4 is 16.4 Å². The molecular weight excluding hydrogens is 662 g/mol. The maximum atomic E-state index is 6.00. The van der Waals surface area contributed by atoms with Gasteiger partial charge in [0.15, 0.2) is 0 Å². The second-order valence-corrected chi connectivity index (χ2v) is 15.4. The van der Waals surface area contributed by atoms with Crippen LogP contribution in [-0.2, 0) is 11.2 Å². The van der Waals surface area contributed by atoms with Gasteiger partial charge in [0, 0.05) is 22.3 Å². The van der Waals surface area contributed by atoms with Gasteiger partial charge < -0.3 is 18.9 Å². The Bertz CT molecular complexity index is 1820. The average molecular weight is 703 g/mol. The number of nitrogens with zero attached hydrogens (tertiary/aromatic N) is 4. The molecule has 3 atom stereocenters. The van der Waals surface area contributed by atoms with Crippen molar-refractivity contribution in [3.63, 3.8) is 0 Å². The lowest BCUT2D eigenvalue weighted by Gasteiger charge is -2.08. The molecule has 1 saturated carbocycles. The first-order valence-corrected chi connectivity index (χ1v) is 19.5. The minimum Gasteiger partial charge on any atom is -0.494 e. The van der Waals surface area contributed by atoms with Gasteiger partial charge in [-0.1, -0.05) is 40.7 Å². The number of rotatable bonds is 17. The lowest BCUT2D eigenvalue weighted by Crippen LogP contribution is -2.02. The molecule has 0 radical (unpaired) electrons. The van der Waals surface area contributed by atoms with E-state index in [0.29, 0.717) is 35.7 Å². The molecule has 2 fully saturated rings. The van der Waals surface area contributed by atoms with Crippen molar-refractivity contribution < 1.29 is 18.9 Å². The van der Waals surface area contributed by atoms with Crippen molar-refractivity contribution in [2.75, 3.05) is 26.4 Å². The smallest absolute Gasteiger partial charge is 0.119 e. The Labute approximate surface area is 295 Å². The summed E-state index contributed by atoms with van der Waals surface area (Å²) in [6.07, 6.45) is 7.02.